The van der Waals surface area contributed by atoms with Gasteiger partial charge >= 0.3 is 0 Å². The van der Waals surface area contributed by atoms with Crippen LogP contribution in [0.2, 0.25) is 0 Å². The van der Waals surface area contributed by atoms with Gasteiger partial charge in [-0.2, -0.15) is 10.2 Å². The second-order valence-corrected chi connectivity index (χ2v) is 6.21. The molecule has 3 aromatic rings. The molecule has 0 amide bonds. The van der Waals surface area contributed by atoms with Gasteiger partial charge in [0.1, 0.15) is 0 Å². The Morgan fingerprint density at radius 1 is 1.09 bits per heavy atom. The van der Waals surface area contributed by atoms with Crippen LogP contribution in [0.25, 0.3) is 10.9 Å². The number of H-pyrrole nitrogens is 1. The second-order valence-electron chi connectivity index (χ2n) is 6.21. The number of hydrazone groups is 1. The van der Waals surface area contributed by atoms with Crippen molar-refractivity contribution in [1.82, 2.24) is 15.2 Å². The minimum Gasteiger partial charge on any atom is -0.361 e. The first-order valence-corrected chi connectivity index (χ1v) is 7.23. The van der Waals surface area contributed by atoms with Crippen molar-refractivity contribution in [3.8, 4) is 0 Å². The van der Waals surface area contributed by atoms with Crippen LogP contribution >= 0.6 is 0 Å². The van der Waals surface area contributed by atoms with Crippen LogP contribution in [0.5, 0.6) is 0 Å². The summed E-state index contributed by atoms with van der Waals surface area (Å²) in [5.41, 5.74) is 5.99. The van der Waals surface area contributed by atoms with Gasteiger partial charge in [-0.25, -0.2) is 0 Å². The fourth-order valence-corrected chi connectivity index (χ4v) is 2.16. The highest BCUT2D eigenvalue weighted by atomic mass is 15.3. The zero-order valence-electron chi connectivity index (χ0n) is 13.0. The summed E-state index contributed by atoms with van der Waals surface area (Å²) in [6, 6.07) is 12.0. The van der Waals surface area contributed by atoms with Crippen LogP contribution in [0.1, 0.15) is 32.0 Å². The van der Waals surface area contributed by atoms with Gasteiger partial charge < -0.3 is 4.98 Å². The number of aromatic nitrogens is 3. The fraction of sp³-hybridized carbons (Fsp3) is 0.235. The normalized spacial score (nSPS) is 12.1. The first kappa shape index (κ1) is 14.3. The van der Waals surface area contributed by atoms with Crippen molar-refractivity contribution in [3.63, 3.8) is 0 Å². The molecule has 0 radical (unpaired) electrons. The molecule has 0 saturated heterocycles. The second kappa shape index (κ2) is 5.60. The molecule has 0 fully saturated rings. The number of nitrogens with one attached hydrogen (secondary N) is 2. The first-order chi connectivity index (χ1) is 10.5. The zero-order valence-corrected chi connectivity index (χ0v) is 13.0. The maximum Gasteiger partial charge on any atom is 0.168 e. The summed E-state index contributed by atoms with van der Waals surface area (Å²) in [6.45, 7) is 6.33. The predicted octanol–water partition coefficient (Wildman–Crippen LogP) is 3.70. The highest BCUT2D eigenvalue weighted by Crippen LogP contribution is 2.19. The van der Waals surface area contributed by atoms with E-state index < -0.39 is 0 Å². The van der Waals surface area contributed by atoms with Crippen LogP contribution in [-0.4, -0.2) is 21.4 Å². The SMILES string of the molecule is CC(C)(C)c1ccc(N/N=C/c2c[nH]c3ccccc23)nn1. The van der Waals surface area contributed by atoms with Crippen molar-refractivity contribution in [2.24, 2.45) is 5.10 Å². The molecule has 0 bridgehead atoms. The monoisotopic (exact) mass is 293 g/mol. The summed E-state index contributed by atoms with van der Waals surface area (Å²) in [4.78, 5) is 3.21. The number of nitrogens with zero attached hydrogens (tertiary/aromatic N) is 3. The molecule has 22 heavy (non-hydrogen) atoms. The zero-order chi connectivity index (χ0) is 15.6. The summed E-state index contributed by atoms with van der Waals surface area (Å²) in [7, 11) is 0. The molecule has 2 N–H and O–H groups in total. The number of para-hydroxylation sites is 1. The van der Waals surface area contributed by atoms with Crippen molar-refractivity contribution in [2.45, 2.75) is 26.2 Å². The molecule has 0 unspecified atom stereocenters. The van der Waals surface area contributed by atoms with Crippen molar-refractivity contribution in [2.75, 3.05) is 5.43 Å². The number of fused-ring (bicyclic) bond motifs is 1. The molecule has 5 heteroatoms. The van der Waals surface area contributed by atoms with E-state index in [-0.39, 0.29) is 5.41 Å². The largest absolute Gasteiger partial charge is 0.361 e. The Hall–Kier alpha value is -2.69. The van der Waals surface area contributed by atoms with Gasteiger partial charge in [-0.3, -0.25) is 5.43 Å². The van der Waals surface area contributed by atoms with E-state index in [0.717, 1.165) is 22.2 Å². The number of hydrogen-bond acceptors (Lipinski definition) is 4. The lowest BCUT2D eigenvalue weighted by molar-refractivity contribution is 0.559. The van der Waals surface area contributed by atoms with Crippen molar-refractivity contribution in [3.05, 3.63) is 53.9 Å². The maximum atomic E-state index is 4.23. The molecule has 5 nitrogen and oxygen atoms in total. The predicted molar refractivity (Wildman–Crippen MR) is 90.2 cm³/mol. The van der Waals surface area contributed by atoms with Crippen LogP contribution in [-0.2, 0) is 5.41 Å². The molecular formula is C17H19N5. The Labute approximate surface area is 129 Å². The van der Waals surface area contributed by atoms with Gasteiger partial charge in [0.2, 0.25) is 0 Å². The molecule has 2 aromatic heterocycles. The minimum atomic E-state index is -0.00115. The van der Waals surface area contributed by atoms with Gasteiger partial charge in [-0.1, -0.05) is 39.0 Å². The van der Waals surface area contributed by atoms with Gasteiger partial charge in [-0.05, 0) is 18.2 Å². The Morgan fingerprint density at radius 3 is 2.64 bits per heavy atom. The molecule has 0 aliphatic carbocycles. The van der Waals surface area contributed by atoms with E-state index in [9.17, 15) is 0 Å². The van der Waals surface area contributed by atoms with Gasteiger partial charge in [0.15, 0.2) is 5.82 Å². The maximum absolute atomic E-state index is 4.23. The number of hydrogen-bond donors (Lipinski definition) is 2. The van der Waals surface area contributed by atoms with E-state index in [2.05, 4.69) is 52.5 Å². The molecule has 0 aliphatic rings. The molecule has 0 aliphatic heterocycles. The summed E-state index contributed by atoms with van der Waals surface area (Å²) < 4.78 is 0. The molecule has 0 saturated carbocycles. The molecule has 0 atom stereocenters. The van der Waals surface area contributed by atoms with Gasteiger partial charge in [0.25, 0.3) is 0 Å². The molecular weight excluding hydrogens is 274 g/mol. The third-order valence-electron chi connectivity index (χ3n) is 3.44. The highest BCUT2D eigenvalue weighted by Gasteiger charge is 2.15. The van der Waals surface area contributed by atoms with E-state index in [4.69, 9.17) is 0 Å². The smallest absolute Gasteiger partial charge is 0.168 e. The van der Waals surface area contributed by atoms with E-state index in [1.165, 1.54) is 0 Å². The van der Waals surface area contributed by atoms with Crippen LogP contribution in [0.3, 0.4) is 0 Å². The number of benzene rings is 1. The van der Waals surface area contributed by atoms with E-state index in [1.807, 2.05) is 36.5 Å². The molecule has 112 valence electrons. The van der Waals surface area contributed by atoms with Crippen LogP contribution in [0, 0.1) is 0 Å². The Bertz CT molecular complexity index is 794. The van der Waals surface area contributed by atoms with Crippen molar-refractivity contribution >= 4 is 22.9 Å². The highest BCUT2D eigenvalue weighted by molar-refractivity contribution is 5.99. The van der Waals surface area contributed by atoms with Gasteiger partial charge in [0, 0.05) is 28.1 Å². The average molecular weight is 293 g/mol. The number of rotatable bonds is 3. The van der Waals surface area contributed by atoms with E-state index >= 15 is 0 Å². The molecule has 2 heterocycles. The van der Waals surface area contributed by atoms with Crippen molar-refractivity contribution in [1.29, 1.82) is 0 Å². The van der Waals surface area contributed by atoms with Gasteiger partial charge in [0.05, 0.1) is 11.9 Å². The standard InChI is InChI=1S/C17H19N5/c1-17(2,3)15-8-9-16(22-20-15)21-19-11-12-10-18-14-7-5-4-6-13(12)14/h4-11,18H,1-3H3,(H,21,22)/b19-11+. The topological polar surface area (TPSA) is 66.0 Å². The van der Waals surface area contributed by atoms with Crippen LogP contribution in [0.15, 0.2) is 47.7 Å². The first-order valence-electron chi connectivity index (χ1n) is 7.23. The lowest BCUT2D eigenvalue weighted by atomic mass is 9.92. The molecule has 1 aromatic carbocycles. The lowest BCUT2D eigenvalue weighted by Crippen LogP contribution is -2.14. The Morgan fingerprint density at radius 2 is 1.91 bits per heavy atom. The third kappa shape index (κ3) is 2.98. The van der Waals surface area contributed by atoms with E-state index in [1.54, 1.807) is 6.21 Å². The molecule has 3 rings (SSSR count). The van der Waals surface area contributed by atoms with E-state index in [0.29, 0.717) is 5.82 Å². The van der Waals surface area contributed by atoms with Crippen LogP contribution < -0.4 is 5.43 Å². The van der Waals surface area contributed by atoms with Gasteiger partial charge in [-0.15, -0.1) is 5.10 Å². The lowest BCUT2D eigenvalue weighted by Gasteiger charge is -2.16. The summed E-state index contributed by atoms with van der Waals surface area (Å²) in [6.07, 6.45) is 3.71. The summed E-state index contributed by atoms with van der Waals surface area (Å²) in [5, 5.41) is 13.7. The average Bonchev–Trinajstić information content (AvgIpc) is 2.90. The Kier molecular flexibility index (Phi) is 3.63. The summed E-state index contributed by atoms with van der Waals surface area (Å²) in [5.74, 6) is 0.629. The third-order valence-corrected chi connectivity index (χ3v) is 3.44. The Balaban J connectivity index is 1.72. The number of anilines is 1. The minimum absolute atomic E-state index is 0.00115. The van der Waals surface area contributed by atoms with Crippen LogP contribution in [0.4, 0.5) is 5.82 Å². The summed E-state index contributed by atoms with van der Waals surface area (Å²) >= 11 is 0. The quantitative estimate of drug-likeness (QED) is 0.571. The molecule has 0 spiro atoms. The van der Waals surface area contributed by atoms with Crippen molar-refractivity contribution < 1.29 is 0 Å². The fourth-order valence-electron chi connectivity index (χ4n) is 2.16. The number of aromatic amines is 1.